The summed E-state index contributed by atoms with van der Waals surface area (Å²) in [5, 5.41) is 4.41. The Morgan fingerprint density at radius 1 is 1.40 bits per heavy atom. The van der Waals surface area contributed by atoms with E-state index in [0.29, 0.717) is 6.04 Å². The Kier molecular flexibility index (Phi) is 6.88. The number of benzene rings is 1. The summed E-state index contributed by atoms with van der Waals surface area (Å²) in [4.78, 5) is 2.62. The Labute approximate surface area is 135 Å². The Morgan fingerprint density at radius 2 is 2.15 bits per heavy atom. The summed E-state index contributed by atoms with van der Waals surface area (Å²) in [6.07, 6.45) is 1.19. The van der Waals surface area contributed by atoms with E-state index in [1.54, 1.807) is 0 Å². The number of hydrogen-bond donors (Lipinski definition) is 1. The molecule has 1 N–H and O–H groups in total. The molecule has 1 aliphatic heterocycles. The topological polar surface area (TPSA) is 15.3 Å². The molecule has 1 aliphatic rings. The molecule has 112 valence electrons. The lowest BCUT2D eigenvalue weighted by Crippen LogP contribution is -2.38. The molecule has 4 heteroatoms. The van der Waals surface area contributed by atoms with Crippen molar-refractivity contribution in [2.24, 2.45) is 0 Å². The van der Waals surface area contributed by atoms with Gasteiger partial charge in [0.25, 0.3) is 0 Å². The summed E-state index contributed by atoms with van der Waals surface area (Å²) >= 11 is 5.61. The maximum absolute atomic E-state index is 3.62. The third kappa shape index (κ3) is 5.06. The molecule has 2 atom stereocenters. The number of rotatable bonds is 6. The molecule has 1 heterocycles. The van der Waals surface area contributed by atoms with Crippen LogP contribution >= 0.6 is 27.7 Å². The van der Waals surface area contributed by atoms with Gasteiger partial charge in [0.05, 0.1) is 0 Å². The fourth-order valence-electron chi connectivity index (χ4n) is 2.73. The summed E-state index contributed by atoms with van der Waals surface area (Å²) in [6.45, 7) is 9.22. The number of nitrogens with zero attached hydrogens (tertiary/aromatic N) is 1. The molecule has 2 unspecified atom stereocenters. The van der Waals surface area contributed by atoms with Crippen molar-refractivity contribution in [2.45, 2.75) is 31.6 Å². The third-order valence-electron chi connectivity index (χ3n) is 3.78. The third-order valence-corrected chi connectivity index (χ3v) is 5.45. The van der Waals surface area contributed by atoms with E-state index in [9.17, 15) is 0 Å². The van der Waals surface area contributed by atoms with Crippen LogP contribution in [0.25, 0.3) is 0 Å². The average molecular weight is 357 g/mol. The molecule has 1 saturated heterocycles. The van der Waals surface area contributed by atoms with Gasteiger partial charge in [0.2, 0.25) is 0 Å². The van der Waals surface area contributed by atoms with Gasteiger partial charge < -0.3 is 10.2 Å². The minimum atomic E-state index is 0.470. The zero-order valence-electron chi connectivity index (χ0n) is 12.4. The van der Waals surface area contributed by atoms with Gasteiger partial charge in [0, 0.05) is 41.2 Å². The zero-order chi connectivity index (χ0) is 14.4. The second-order valence-corrected chi connectivity index (χ2v) is 7.89. The summed E-state index contributed by atoms with van der Waals surface area (Å²) < 4.78 is 1.15. The van der Waals surface area contributed by atoms with Gasteiger partial charge in [-0.2, -0.15) is 11.8 Å². The molecule has 0 saturated carbocycles. The van der Waals surface area contributed by atoms with Gasteiger partial charge >= 0.3 is 0 Å². The van der Waals surface area contributed by atoms with Crippen LogP contribution in [0.2, 0.25) is 0 Å². The van der Waals surface area contributed by atoms with Crippen LogP contribution in [0.15, 0.2) is 28.7 Å². The second-order valence-electron chi connectivity index (χ2n) is 5.43. The summed E-state index contributed by atoms with van der Waals surface area (Å²) in [5.74, 6) is 1.28. The van der Waals surface area contributed by atoms with E-state index in [2.05, 4.69) is 76.0 Å². The first-order valence-electron chi connectivity index (χ1n) is 7.52. The van der Waals surface area contributed by atoms with Crippen LogP contribution in [0.3, 0.4) is 0 Å². The monoisotopic (exact) mass is 356 g/mol. The quantitative estimate of drug-likeness (QED) is 0.831. The van der Waals surface area contributed by atoms with E-state index in [-0.39, 0.29) is 0 Å². The molecule has 0 bridgehead atoms. The predicted molar refractivity (Wildman–Crippen MR) is 93.5 cm³/mol. The van der Waals surface area contributed by atoms with E-state index in [4.69, 9.17) is 0 Å². The van der Waals surface area contributed by atoms with Crippen molar-refractivity contribution >= 4 is 27.7 Å². The largest absolute Gasteiger partial charge is 0.310 e. The van der Waals surface area contributed by atoms with Gasteiger partial charge in [-0.15, -0.1) is 0 Å². The SMILES string of the molecule is CCNC(CCN1CCSC(C)C1)c1ccc(Br)cc1. The van der Waals surface area contributed by atoms with Crippen molar-refractivity contribution in [2.75, 3.05) is 31.9 Å². The Balaban J connectivity index is 1.90. The number of hydrogen-bond acceptors (Lipinski definition) is 3. The Hall–Kier alpha value is -0.0300. The van der Waals surface area contributed by atoms with Crippen LogP contribution in [0.4, 0.5) is 0 Å². The molecular formula is C16H25BrN2S. The average Bonchev–Trinajstić information content (AvgIpc) is 2.44. The highest BCUT2D eigenvalue weighted by atomic mass is 79.9. The summed E-state index contributed by atoms with van der Waals surface area (Å²) in [5.41, 5.74) is 1.40. The molecule has 1 aromatic rings. The molecule has 1 aromatic carbocycles. The Morgan fingerprint density at radius 3 is 2.80 bits per heavy atom. The highest BCUT2D eigenvalue weighted by Gasteiger charge is 2.18. The number of halogens is 1. The van der Waals surface area contributed by atoms with Gasteiger partial charge in [0.15, 0.2) is 0 Å². The van der Waals surface area contributed by atoms with Crippen molar-refractivity contribution in [1.29, 1.82) is 0 Å². The van der Waals surface area contributed by atoms with Gasteiger partial charge in [-0.1, -0.05) is 41.9 Å². The van der Waals surface area contributed by atoms with Crippen molar-refractivity contribution in [1.82, 2.24) is 10.2 Å². The van der Waals surface area contributed by atoms with Crippen molar-refractivity contribution < 1.29 is 0 Å². The van der Waals surface area contributed by atoms with Crippen molar-refractivity contribution in [3.63, 3.8) is 0 Å². The Bertz CT molecular complexity index is 396. The first kappa shape index (κ1) is 16.3. The molecule has 0 radical (unpaired) electrons. The van der Waals surface area contributed by atoms with E-state index < -0.39 is 0 Å². The van der Waals surface area contributed by atoms with E-state index >= 15 is 0 Å². The van der Waals surface area contributed by atoms with E-state index in [1.807, 2.05) is 0 Å². The fourth-order valence-corrected chi connectivity index (χ4v) is 4.08. The predicted octanol–water partition coefficient (Wildman–Crippen LogP) is 3.93. The molecule has 0 aliphatic carbocycles. The maximum atomic E-state index is 3.62. The maximum Gasteiger partial charge on any atom is 0.0332 e. The molecule has 20 heavy (non-hydrogen) atoms. The number of nitrogens with one attached hydrogen (secondary N) is 1. The van der Waals surface area contributed by atoms with Crippen LogP contribution in [0.5, 0.6) is 0 Å². The minimum Gasteiger partial charge on any atom is -0.310 e. The molecule has 2 nitrogen and oxygen atoms in total. The van der Waals surface area contributed by atoms with Crippen molar-refractivity contribution in [3.8, 4) is 0 Å². The van der Waals surface area contributed by atoms with Crippen LogP contribution < -0.4 is 5.32 Å². The molecular weight excluding hydrogens is 332 g/mol. The second kappa shape index (κ2) is 8.42. The fraction of sp³-hybridized carbons (Fsp3) is 0.625. The molecule has 0 amide bonds. The lowest BCUT2D eigenvalue weighted by Gasteiger charge is -2.31. The molecule has 2 rings (SSSR count). The molecule has 1 fully saturated rings. The normalized spacial score (nSPS) is 21.9. The van der Waals surface area contributed by atoms with Crippen LogP contribution in [-0.2, 0) is 0 Å². The first-order chi connectivity index (χ1) is 9.69. The zero-order valence-corrected chi connectivity index (χ0v) is 14.8. The molecule has 0 aromatic heterocycles. The smallest absolute Gasteiger partial charge is 0.0332 e. The van der Waals surface area contributed by atoms with Crippen LogP contribution in [0, 0.1) is 0 Å². The van der Waals surface area contributed by atoms with Gasteiger partial charge in [-0.25, -0.2) is 0 Å². The summed E-state index contributed by atoms with van der Waals surface area (Å²) in [7, 11) is 0. The lowest BCUT2D eigenvalue weighted by atomic mass is 10.0. The number of thioether (sulfide) groups is 1. The highest BCUT2D eigenvalue weighted by molar-refractivity contribution is 9.10. The summed E-state index contributed by atoms with van der Waals surface area (Å²) in [6, 6.07) is 9.20. The van der Waals surface area contributed by atoms with Gasteiger partial charge in [0.1, 0.15) is 0 Å². The van der Waals surface area contributed by atoms with Crippen molar-refractivity contribution in [3.05, 3.63) is 34.3 Å². The van der Waals surface area contributed by atoms with E-state index in [1.165, 1.54) is 37.4 Å². The first-order valence-corrected chi connectivity index (χ1v) is 9.36. The van der Waals surface area contributed by atoms with E-state index in [0.717, 1.165) is 16.3 Å². The standard InChI is InChI=1S/C16H25BrN2S/c1-3-18-16(14-4-6-15(17)7-5-14)8-9-19-10-11-20-13(2)12-19/h4-7,13,16,18H,3,8-12H2,1-2H3. The minimum absolute atomic E-state index is 0.470. The van der Waals surface area contributed by atoms with Crippen LogP contribution in [0.1, 0.15) is 31.9 Å². The highest BCUT2D eigenvalue weighted by Crippen LogP contribution is 2.22. The lowest BCUT2D eigenvalue weighted by molar-refractivity contribution is 0.268. The van der Waals surface area contributed by atoms with Crippen LogP contribution in [-0.4, -0.2) is 42.1 Å². The van der Waals surface area contributed by atoms with Gasteiger partial charge in [-0.3, -0.25) is 0 Å². The molecule has 0 spiro atoms. The van der Waals surface area contributed by atoms with Gasteiger partial charge in [-0.05, 0) is 30.7 Å².